The lowest BCUT2D eigenvalue weighted by Crippen LogP contribution is -2.53. The van der Waals surface area contributed by atoms with E-state index in [4.69, 9.17) is 0 Å². The fourth-order valence-electron chi connectivity index (χ4n) is 2.40. The third-order valence-corrected chi connectivity index (χ3v) is 5.15. The molecule has 3 heteroatoms. The third kappa shape index (κ3) is 3.98. The van der Waals surface area contributed by atoms with Crippen molar-refractivity contribution in [2.75, 3.05) is 18.9 Å². The van der Waals surface area contributed by atoms with Crippen molar-refractivity contribution in [3.63, 3.8) is 0 Å². The van der Waals surface area contributed by atoms with E-state index >= 15 is 0 Å². The fourth-order valence-corrected chi connectivity index (χ4v) is 3.58. The molecule has 1 aliphatic carbocycles. The Hall–Kier alpha value is -0.510. The van der Waals surface area contributed by atoms with Crippen LogP contribution >= 0.6 is 11.8 Å². The lowest BCUT2D eigenvalue weighted by Gasteiger charge is -2.33. The van der Waals surface area contributed by atoms with Crippen LogP contribution in [0.25, 0.3) is 0 Å². The van der Waals surface area contributed by atoms with Crippen LogP contribution in [0.3, 0.4) is 0 Å². The van der Waals surface area contributed by atoms with Gasteiger partial charge in [0, 0.05) is 10.6 Å². The lowest BCUT2D eigenvalue weighted by molar-refractivity contribution is 0.159. The van der Waals surface area contributed by atoms with Crippen LogP contribution in [0.1, 0.15) is 31.7 Å². The summed E-state index contributed by atoms with van der Waals surface area (Å²) >= 11 is 1.86. The molecule has 2 N–H and O–H groups in total. The van der Waals surface area contributed by atoms with Gasteiger partial charge in [0.25, 0.3) is 0 Å². The van der Waals surface area contributed by atoms with Crippen molar-refractivity contribution in [1.29, 1.82) is 0 Å². The molecule has 19 heavy (non-hydrogen) atoms. The fraction of sp³-hybridized carbons (Fsp3) is 0.625. The summed E-state index contributed by atoms with van der Waals surface area (Å²) in [6.07, 6.45) is 3.63. The van der Waals surface area contributed by atoms with Gasteiger partial charge >= 0.3 is 0 Å². The maximum absolute atomic E-state index is 9.86. The van der Waals surface area contributed by atoms with Crippen LogP contribution in [0, 0.1) is 12.8 Å². The molecule has 1 fully saturated rings. The summed E-state index contributed by atoms with van der Waals surface area (Å²) in [4.78, 5) is 1.29. The summed E-state index contributed by atoms with van der Waals surface area (Å²) < 4.78 is 0. The molecule has 0 bridgehead atoms. The molecule has 2 nitrogen and oxygen atoms in total. The summed E-state index contributed by atoms with van der Waals surface area (Å²) in [7, 11) is 0. The van der Waals surface area contributed by atoms with Crippen molar-refractivity contribution >= 4 is 11.8 Å². The second kappa shape index (κ2) is 6.78. The van der Waals surface area contributed by atoms with E-state index in [0.717, 1.165) is 18.7 Å². The maximum atomic E-state index is 9.86. The first kappa shape index (κ1) is 14.9. The van der Waals surface area contributed by atoms with E-state index in [2.05, 4.69) is 43.4 Å². The third-order valence-electron chi connectivity index (χ3n) is 3.89. The Labute approximate surface area is 121 Å². The molecular weight excluding hydrogens is 254 g/mol. The smallest absolute Gasteiger partial charge is 0.0624 e. The van der Waals surface area contributed by atoms with Crippen molar-refractivity contribution in [3.8, 4) is 0 Å². The number of aryl methyl sites for hydroxylation is 1. The molecule has 1 atom stereocenters. The molecule has 1 saturated carbocycles. The van der Waals surface area contributed by atoms with Crippen LogP contribution in [-0.2, 0) is 0 Å². The van der Waals surface area contributed by atoms with Gasteiger partial charge in [-0.15, -0.1) is 11.8 Å². The number of hydrogen-bond donors (Lipinski definition) is 2. The maximum Gasteiger partial charge on any atom is 0.0624 e. The average Bonchev–Trinajstić information content (AvgIpc) is 3.26. The van der Waals surface area contributed by atoms with Crippen LogP contribution in [0.4, 0.5) is 0 Å². The highest BCUT2D eigenvalue weighted by molar-refractivity contribution is 7.99. The Kier molecular flexibility index (Phi) is 5.31. The molecule has 0 aliphatic heterocycles. The van der Waals surface area contributed by atoms with Crippen LogP contribution in [-0.4, -0.2) is 29.5 Å². The summed E-state index contributed by atoms with van der Waals surface area (Å²) in [6.45, 7) is 5.52. The van der Waals surface area contributed by atoms with Crippen molar-refractivity contribution < 1.29 is 5.11 Å². The van der Waals surface area contributed by atoms with Gasteiger partial charge in [-0.1, -0.05) is 24.6 Å². The zero-order chi connectivity index (χ0) is 13.7. The SMILES string of the molecule is CCCNC(CO)(CSc1ccc(C)cc1)C1CC1. The number of nitrogens with one attached hydrogen (secondary N) is 1. The largest absolute Gasteiger partial charge is 0.394 e. The minimum atomic E-state index is -0.0778. The van der Waals surface area contributed by atoms with Gasteiger partial charge in [-0.3, -0.25) is 0 Å². The summed E-state index contributed by atoms with van der Waals surface area (Å²) in [5.41, 5.74) is 1.22. The van der Waals surface area contributed by atoms with Gasteiger partial charge in [-0.25, -0.2) is 0 Å². The zero-order valence-electron chi connectivity index (χ0n) is 12.0. The standard InChI is InChI=1S/C16H25NOS/c1-3-10-17-16(11-18,14-6-7-14)12-19-15-8-4-13(2)5-9-15/h4-5,8-9,14,17-18H,3,6-7,10-12H2,1-2H3. The van der Waals surface area contributed by atoms with Crippen LogP contribution in [0.2, 0.25) is 0 Å². The highest BCUT2D eigenvalue weighted by Gasteiger charge is 2.44. The van der Waals surface area contributed by atoms with E-state index in [1.807, 2.05) is 11.8 Å². The van der Waals surface area contributed by atoms with E-state index in [0.29, 0.717) is 5.92 Å². The van der Waals surface area contributed by atoms with Gasteiger partial charge in [0.05, 0.1) is 12.1 Å². The first-order chi connectivity index (χ1) is 9.20. The Bertz CT molecular complexity index is 388. The first-order valence-electron chi connectivity index (χ1n) is 7.25. The lowest BCUT2D eigenvalue weighted by atomic mass is 9.96. The number of benzene rings is 1. The number of rotatable bonds is 8. The highest BCUT2D eigenvalue weighted by Crippen LogP contribution is 2.42. The second-order valence-corrected chi connectivity index (χ2v) is 6.67. The molecule has 0 radical (unpaired) electrons. The Morgan fingerprint density at radius 3 is 2.53 bits per heavy atom. The molecule has 0 heterocycles. The molecule has 1 aromatic carbocycles. The monoisotopic (exact) mass is 279 g/mol. The Morgan fingerprint density at radius 1 is 1.32 bits per heavy atom. The molecule has 0 saturated heterocycles. The molecule has 0 amide bonds. The van der Waals surface area contributed by atoms with Gasteiger partial charge in [0.15, 0.2) is 0 Å². The zero-order valence-corrected chi connectivity index (χ0v) is 12.8. The summed E-state index contributed by atoms with van der Waals surface area (Å²) in [5.74, 6) is 1.61. The molecule has 1 aliphatic rings. The Morgan fingerprint density at radius 2 is 2.00 bits per heavy atom. The predicted octanol–water partition coefficient (Wildman–Crippen LogP) is 3.23. The van der Waals surface area contributed by atoms with Crippen LogP contribution in [0.5, 0.6) is 0 Å². The van der Waals surface area contributed by atoms with Crippen molar-refractivity contribution in [3.05, 3.63) is 29.8 Å². The van der Waals surface area contributed by atoms with Gasteiger partial charge < -0.3 is 10.4 Å². The molecule has 0 aromatic heterocycles. The second-order valence-electron chi connectivity index (χ2n) is 5.62. The quantitative estimate of drug-likeness (QED) is 0.717. The molecule has 1 unspecified atom stereocenters. The van der Waals surface area contributed by atoms with Crippen LogP contribution in [0.15, 0.2) is 29.2 Å². The summed E-state index contributed by atoms with van der Waals surface area (Å²) in [6, 6.07) is 8.66. The minimum Gasteiger partial charge on any atom is -0.394 e. The van der Waals surface area contributed by atoms with E-state index in [1.165, 1.54) is 23.3 Å². The van der Waals surface area contributed by atoms with E-state index < -0.39 is 0 Å². The van der Waals surface area contributed by atoms with Gasteiger partial charge in [-0.2, -0.15) is 0 Å². The predicted molar refractivity (Wildman–Crippen MR) is 82.7 cm³/mol. The minimum absolute atomic E-state index is 0.0778. The first-order valence-corrected chi connectivity index (χ1v) is 8.24. The number of aliphatic hydroxyl groups is 1. The number of aliphatic hydroxyl groups excluding tert-OH is 1. The van der Waals surface area contributed by atoms with Crippen molar-refractivity contribution in [2.45, 2.75) is 43.5 Å². The number of thioether (sulfide) groups is 1. The summed E-state index contributed by atoms with van der Waals surface area (Å²) in [5, 5.41) is 13.5. The molecule has 1 aromatic rings. The van der Waals surface area contributed by atoms with Gasteiger partial charge in [0.1, 0.15) is 0 Å². The highest BCUT2D eigenvalue weighted by atomic mass is 32.2. The number of hydrogen-bond acceptors (Lipinski definition) is 3. The Balaban J connectivity index is 1.97. The topological polar surface area (TPSA) is 32.3 Å². The van der Waals surface area contributed by atoms with E-state index in [9.17, 15) is 5.11 Å². The van der Waals surface area contributed by atoms with Gasteiger partial charge in [-0.05, 0) is 50.8 Å². The van der Waals surface area contributed by atoms with Crippen LogP contribution < -0.4 is 5.32 Å². The van der Waals surface area contributed by atoms with E-state index in [-0.39, 0.29) is 12.1 Å². The van der Waals surface area contributed by atoms with E-state index in [1.54, 1.807) is 0 Å². The molecule has 2 rings (SSSR count). The molecule has 0 spiro atoms. The van der Waals surface area contributed by atoms with Crippen molar-refractivity contribution in [1.82, 2.24) is 5.32 Å². The molecule has 106 valence electrons. The van der Waals surface area contributed by atoms with Gasteiger partial charge in [0.2, 0.25) is 0 Å². The van der Waals surface area contributed by atoms with Crippen molar-refractivity contribution in [2.24, 2.45) is 5.92 Å². The average molecular weight is 279 g/mol. The molecular formula is C16H25NOS. The normalized spacial score (nSPS) is 18.3.